The van der Waals surface area contributed by atoms with Crippen molar-refractivity contribution in [2.45, 2.75) is 59.0 Å². The number of phenols is 1. The van der Waals surface area contributed by atoms with Crippen molar-refractivity contribution in [1.29, 1.82) is 0 Å². The first kappa shape index (κ1) is 14.8. The van der Waals surface area contributed by atoms with Crippen molar-refractivity contribution < 1.29 is 9.50 Å². The molecule has 1 aromatic carbocycles. The van der Waals surface area contributed by atoms with E-state index in [2.05, 4.69) is 26.1 Å². The van der Waals surface area contributed by atoms with E-state index in [0.717, 1.165) is 5.92 Å². The van der Waals surface area contributed by atoms with Gasteiger partial charge < -0.3 is 10.4 Å². The van der Waals surface area contributed by atoms with Crippen LogP contribution in [0, 0.1) is 22.6 Å². The maximum Gasteiger partial charge on any atom is 0.131 e. The van der Waals surface area contributed by atoms with Crippen molar-refractivity contribution in [1.82, 2.24) is 5.32 Å². The minimum atomic E-state index is -0.331. The molecule has 3 rings (SSSR count). The molecule has 2 N–H and O–H groups in total. The molecule has 3 heteroatoms. The molecule has 0 radical (unpaired) electrons. The smallest absolute Gasteiger partial charge is 0.131 e. The minimum absolute atomic E-state index is 0.0172. The molecule has 2 nitrogen and oxygen atoms in total. The molecule has 2 aliphatic rings. The number of nitrogens with one attached hydrogen (secondary N) is 1. The number of fused-ring (bicyclic) bond motifs is 2. The van der Waals surface area contributed by atoms with Crippen LogP contribution < -0.4 is 5.32 Å². The number of hydrogen-bond acceptors (Lipinski definition) is 2. The highest BCUT2D eigenvalue weighted by molar-refractivity contribution is 5.30. The molecule has 0 aliphatic heterocycles. The third-order valence-electron chi connectivity index (χ3n) is 6.70. The lowest BCUT2D eigenvalue weighted by atomic mass is 9.69. The Morgan fingerprint density at radius 3 is 2.57 bits per heavy atom. The first-order valence-corrected chi connectivity index (χ1v) is 8.00. The number of rotatable bonds is 3. The second kappa shape index (κ2) is 4.70. The summed E-state index contributed by atoms with van der Waals surface area (Å²) >= 11 is 0. The second-order valence-corrected chi connectivity index (χ2v) is 7.76. The van der Waals surface area contributed by atoms with Crippen LogP contribution in [0.15, 0.2) is 18.2 Å². The van der Waals surface area contributed by atoms with Gasteiger partial charge in [-0.15, -0.1) is 0 Å². The Bertz CT molecular complexity index is 556. The third-order valence-corrected chi connectivity index (χ3v) is 6.70. The van der Waals surface area contributed by atoms with E-state index < -0.39 is 0 Å². The standard InChI is InChI=1S/C18H26FNO/c1-11(14-6-5-13(21)10-15(14)19)20-16-9-12-7-8-18(16,4)17(12,2)3/h5-6,10-12,16,20-21H,7-9H2,1-4H3. The maximum absolute atomic E-state index is 14.0. The summed E-state index contributed by atoms with van der Waals surface area (Å²) in [7, 11) is 0. The fourth-order valence-electron chi connectivity index (χ4n) is 4.71. The monoisotopic (exact) mass is 291 g/mol. The van der Waals surface area contributed by atoms with Crippen LogP contribution >= 0.6 is 0 Å². The average molecular weight is 291 g/mol. The molecular weight excluding hydrogens is 265 g/mol. The lowest BCUT2D eigenvalue weighted by Crippen LogP contribution is -2.45. The van der Waals surface area contributed by atoms with Crippen LogP contribution in [0.4, 0.5) is 4.39 Å². The number of benzene rings is 1. The largest absolute Gasteiger partial charge is 0.508 e. The minimum Gasteiger partial charge on any atom is -0.508 e. The highest BCUT2D eigenvalue weighted by Gasteiger charge is 2.61. The molecule has 2 saturated carbocycles. The molecule has 116 valence electrons. The van der Waals surface area contributed by atoms with E-state index in [1.807, 2.05) is 6.92 Å². The maximum atomic E-state index is 14.0. The Labute approximate surface area is 126 Å². The van der Waals surface area contributed by atoms with Gasteiger partial charge in [0.1, 0.15) is 11.6 Å². The van der Waals surface area contributed by atoms with Crippen LogP contribution in [-0.2, 0) is 0 Å². The molecule has 0 amide bonds. The van der Waals surface area contributed by atoms with Gasteiger partial charge in [0.05, 0.1) is 0 Å². The molecule has 1 aromatic rings. The summed E-state index contributed by atoms with van der Waals surface area (Å²) in [5.41, 5.74) is 1.29. The summed E-state index contributed by atoms with van der Waals surface area (Å²) in [5, 5.41) is 13.0. The predicted molar refractivity (Wildman–Crippen MR) is 82.6 cm³/mol. The number of phenolic OH excluding ortho intramolecular Hbond substituents is 1. The van der Waals surface area contributed by atoms with Gasteiger partial charge in [0.25, 0.3) is 0 Å². The van der Waals surface area contributed by atoms with Gasteiger partial charge in [0.2, 0.25) is 0 Å². The molecule has 0 aromatic heterocycles. The van der Waals surface area contributed by atoms with Crippen LogP contribution in [0.1, 0.15) is 58.6 Å². The van der Waals surface area contributed by atoms with Gasteiger partial charge >= 0.3 is 0 Å². The molecule has 4 unspecified atom stereocenters. The molecule has 2 aliphatic carbocycles. The topological polar surface area (TPSA) is 32.3 Å². The quantitative estimate of drug-likeness (QED) is 0.865. The van der Waals surface area contributed by atoms with Crippen LogP contribution in [0.3, 0.4) is 0 Å². The van der Waals surface area contributed by atoms with Gasteiger partial charge in [-0.1, -0.05) is 26.8 Å². The molecule has 0 spiro atoms. The van der Waals surface area contributed by atoms with E-state index in [1.54, 1.807) is 12.1 Å². The van der Waals surface area contributed by atoms with Crippen LogP contribution in [0.5, 0.6) is 5.75 Å². The molecule has 21 heavy (non-hydrogen) atoms. The van der Waals surface area contributed by atoms with E-state index in [9.17, 15) is 9.50 Å². The van der Waals surface area contributed by atoms with E-state index in [-0.39, 0.29) is 17.6 Å². The summed E-state index contributed by atoms with van der Waals surface area (Å²) in [5.74, 6) is 0.427. The summed E-state index contributed by atoms with van der Waals surface area (Å²) in [6.45, 7) is 9.17. The Kier molecular flexibility index (Phi) is 3.32. The van der Waals surface area contributed by atoms with Gasteiger partial charge in [-0.05, 0) is 49.0 Å². The van der Waals surface area contributed by atoms with Crippen LogP contribution in [-0.4, -0.2) is 11.1 Å². The fourth-order valence-corrected chi connectivity index (χ4v) is 4.71. The third kappa shape index (κ3) is 2.09. The van der Waals surface area contributed by atoms with Crippen molar-refractivity contribution in [3.05, 3.63) is 29.6 Å². The van der Waals surface area contributed by atoms with Crippen molar-refractivity contribution in [2.75, 3.05) is 0 Å². The zero-order valence-electron chi connectivity index (χ0n) is 13.4. The van der Waals surface area contributed by atoms with Crippen LogP contribution in [0.2, 0.25) is 0 Å². The summed E-state index contributed by atoms with van der Waals surface area (Å²) in [6.07, 6.45) is 3.77. The zero-order chi connectivity index (χ0) is 15.4. The van der Waals surface area contributed by atoms with E-state index in [1.165, 1.54) is 25.3 Å². The van der Waals surface area contributed by atoms with Gasteiger partial charge in [-0.25, -0.2) is 4.39 Å². The average Bonchev–Trinajstić information content (AvgIpc) is 2.71. The van der Waals surface area contributed by atoms with Crippen molar-refractivity contribution in [3.63, 3.8) is 0 Å². The van der Waals surface area contributed by atoms with Crippen molar-refractivity contribution in [2.24, 2.45) is 16.7 Å². The SMILES string of the molecule is CC(NC1CC2CCC1(C)C2(C)C)c1ccc(O)cc1F. The Hall–Kier alpha value is -1.09. The van der Waals surface area contributed by atoms with Gasteiger partial charge in [0.15, 0.2) is 0 Å². The van der Waals surface area contributed by atoms with Gasteiger partial charge in [-0.3, -0.25) is 0 Å². The molecule has 0 saturated heterocycles. The van der Waals surface area contributed by atoms with Crippen molar-refractivity contribution in [3.8, 4) is 5.75 Å². The van der Waals surface area contributed by atoms with Gasteiger partial charge in [-0.2, -0.15) is 0 Å². The molecule has 0 heterocycles. The predicted octanol–water partition coefficient (Wildman–Crippen LogP) is 4.40. The Balaban J connectivity index is 1.79. The number of hydrogen-bond donors (Lipinski definition) is 2. The van der Waals surface area contributed by atoms with Crippen molar-refractivity contribution >= 4 is 0 Å². The Morgan fingerprint density at radius 2 is 2.05 bits per heavy atom. The molecule has 2 fully saturated rings. The number of aromatic hydroxyl groups is 1. The fraction of sp³-hybridized carbons (Fsp3) is 0.667. The zero-order valence-corrected chi connectivity index (χ0v) is 13.4. The first-order valence-electron chi connectivity index (χ1n) is 8.00. The van der Waals surface area contributed by atoms with E-state index in [0.29, 0.717) is 22.4 Å². The normalized spacial score (nSPS) is 35.1. The summed E-state index contributed by atoms with van der Waals surface area (Å²) < 4.78 is 14.0. The van der Waals surface area contributed by atoms with E-state index >= 15 is 0 Å². The Morgan fingerprint density at radius 1 is 1.33 bits per heavy atom. The summed E-state index contributed by atoms with van der Waals surface area (Å²) in [4.78, 5) is 0. The molecule has 2 bridgehead atoms. The summed E-state index contributed by atoms with van der Waals surface area (Å²) in [6, 6.07) is 4.84. The lowest BCUT2D eigenvalue weighted by Gasteiger charge is -2.40. The number of halogens is 1. The van der Waals surface area contributed by atoms with E-state index in [4.69, 9.17) is 0 Å². The molecular formula is C18H26FNO. The van der Waals surface area contributed by atoms with Gasteiger partial charge in [0, 0.05) is 23.7 Å². The lowest BCUT2D eigenvalue weighted by molar-refractivity contribution is 0.116. The highest BCUT2D eigenvalue weighted by atomic mass is 19.1. The second-order valence-electron chi connectivity index (χ2n) is 7.76. The van der Waals surface area contributed by atoms with Crippen LogP contribution in [0.25, 0.3) is 0 Å². The molecule has 4 atom stereocenters. The highest BCUT2D eigenvalue weighted by Crippen LogP contribution is 2.65. The first-order chi connectivity index (χ1) is 9.75.